The summed E-state index contributed by atoms with van der Waals surface area (Å²) in [7, 11) is 0. The summed E-state index contributed by atoms with van der Waals surface area (Å²) in [5.41, 5.74) is 6.64. The third kappa shape index (κ3) is 8.37. The van der Waals surface area contributed by atoms with E-state index in [9.17, 15) is 9.59 Å². The number of thioether (sulfide) groups is 1. The molecule has 0 aliphatic heterocycles. The number of hydrogen-bond donors (Lipinski definition) is 3. The molecule has 0 aromatic heterocycles. The number of rotatable bonds is 10. The molecule has 1 aromatic rings. The Kier molecular flexibility index (Phi) is 8.54. The van der Waals surface area contributed by atoms with Crippen LogP contribution in [-0.2, 0) is 16.0 Å². The van der Waals surface area contributed by atoms with Gasteiger partial charge < -0.3 is 16.2 Å². The lowest BCUT2D eigenvalue weighted by Gasteiger charge is -2.07. The maximum absolute atomic E-state index is 11.6. The average molecular weight is 310 g/mol. The molecule has 0 fully saturated rings. The fraction of sp³-hybridized carbons (Fsp3) is 0.467. The smallest absolute Gasteiger partial charge is 0.320 e. The molecule has 1 rings (SSSR count). The molecule has 1 aromatic carbocycles. The van der Waals surface area contributed by atoms with Gasteiger partial charge in [0.15, 0.2) is 0 Å². The number of aryl methyl sites for hydroxylation is 1. The molecule has 0 heterocycles. The number of amides is 1. The van der Waals surface area contributed by atoms with Crippen LogP contribution < -0.4 is 11.1 Å². The van der Waals surface area contributed by atoms with Gasteiger partial charge in [-0.15, -0.1) is 0 Å². The van der Waals surface area contributed by atoms with E-state index in [1.54, 1.807) is 0 Å². The van der Waals surface area contributed by atoms with Crippen molar-refractivity contribution in [2.75, 3.05) is 18.1 Å². The van der Waals surface area contributed by atoms with Crippen LogP contribution in [0.2, 0.25) is 0 Å². The minimum atomic E-state index is -0.999. The van der Waals surface area contributed by atoms with Gasteiger partial charge in [-0.05, 0) is 30.6 Å². The molecule has 0 radical (unpaired) electrons. The van der Waals surface area contributed by atoms with Crippen LogP contribution in [0.5, 0.6) is 0 Å². The van der Waals surface area contributed by atoms with Gasteiger partial charge in [0, 0.05) is 6.54 Å². The standard InChI is InChI=1S/C15H22N2O3S/c16-13(15(19)20)8-10-21-11-14(18)17-9-4-7-12-5-2-1-3-6-12/h1-3,5-6,13H,4,7-11,16H2,(H,17,18)(H,19,20). The molecule has 5 nitrogen and oxygen atoms in total. The molecule has 1 unspecified atom stereocenters. The van der Waals surface area contributed by atoms with E-state index in [2.05, 4.69) is 17.4 Å². The number of carbonyl (C=O) groups is 2. The Hall–Kier alpha value is -1.53. The first-order chi connectivity index (χ1) is 10.1. The van der Waals surface area contributed by atoms with Crippen LogP contribution in [0.15, 0.2) is 30.3 Å². The summed E-state index contributed by atoms with van der Waals surface area (Å²) < 4.78 is 0. The Bertz CT molecular complexity index is 440. The van der Waals surface area contributed by atoms with E-state index in [1.807, 2.05) is 18.2 Å². The molecular weight excluding hydrogens is 288 g/mol. The molecule has 4 N–H and O–H groups in total. The third-order valence-corrected chi connectivity index (χ3v) is 3.92. The van der Waals surface area contributed by atoms with Gasteiger partial charge in [-0.25, -0.2) is 0 Å². The van der Waals surface area contributed by atoms with Gasteiger partial charge >= 0.3 is 5.97 Å². The van der Waals surface area contributed by atoms with Gasteiger partial charge in [0.25, 0.3) is 0 Å². The van der Waals surface area contributed by atoms with Crippen molar-refractivity contribution >= 4 is 23.6 Å². The van der Waals surface area contributed by atoms with E-state index >= 15 is 0 Å². The highest BCUT2D eigenvalue weighted by molar-refractivity contribution is 7.99. The van der Waals surface area contributed by atoms with Crippen molar-refractivity contribution in [1.82, 2.24) is 5.32 Å². The van der Waals surface area contributed by atoms with E-state index in [0.717, 1.165) is 12.8 Å². The fourth-order valence-corrected chi connectivity index (χ4v) is 2.57. The Morgan fingerprint density at radius 2 is 2.00 bits per heavy atom. The number of benzene rings is 1. The molecule has 0 saturated carbocycles. The van der Waals surface area contributed by atoms with Crippen molar-refractivity contribution in [3.8, 4) is 0 Å². The van der Waals surface area contributed by atoms with Crippen molar-refractivity contribution in [3.63, 3.8) is 0 Å². The molecule has 0 spiro atoms. The van der Waals surface area contributed by atoms with Crippen LogP contribution in [0.1, 0.15) is 18.4 Å². The minimum Gasteiger partial charge on any atom is -0.480 e. The summed E-state index contributed by atoms with van der Waals surface area (Å²) in [6.07, 6.45) is 2.23. The fourth-order valence-electron chi connectivity index (χ4n) is 1.71. The zero-order valence-electron chi connectivity index (χ0n) is 12.0. The molecule has 1 amide bonds. The lowest BCUT2D eigenvalue weighted by atomic mass is 10.1. The molecule has 0 saturated heterocycles. The summed E-state index contributed by atoms with van der Waals surface area (Å²) in [6.45, 7) is 0.656. The van der Waals surface area contributed by atoms with Crippen molar-refractivity contribution in [3.05, 3.63) is 35.9 Å². The first-order valence-electron chi connectivity index (χ1n) is 6.96. The van der Waals surface area contributed by atoms with Gasteiger partial charge in [-0.2, -0.15) is 11.8 Å². The van der Waals surface area contributed by atoms with Gasteiger partial charge in [-0.3, -0.25) is 9.59 Å². The van der Waals surface area contributed by atoms with Crippen LogP contribution >= 0.6 is 11.8 Å². The number of nitrogens with two attached hydrogens (primary N) is 1. The average Bonchev–Trinajstić information content (AvgIpc) is 2.49. The number of carboxylic acid groups (broad SMARTS) is 1. The quantitative estimate of drug-likeness (QED) is 0.566. The van der Waals surface area contributed by atoms with E-state index in [-0.39, 0.29) is 5.91 Å². The van der Waals surface area contributed by atoms with E-state index in [1.165, 1.54) is 17.3 Å². The van der Waals surface area contributed by atoms with Crippen molar-refractivity contribution in [2.45, 2.75) is 25.3 Å². The Labute approximate surface area is 129 Å². The summed E-state index contributed by atoms with van der Waals surface area (Å²) in [5, 5.41) is 11.5. The molecule has 116 valence electrons. The monoisotopic (exact) mass is 310 g/mol. The highest BCUT2D eigenvalue weighted by Gasteiger charge is 2.10. The normalized spacial score (nSPS) is 11.9. The van der Waals surface area contributed by atoms with Crippen molar-refractivity contribution < 1.29 is 14.7 Å². The van der Waals surface area contributed by atoms with Crippen LogP contribution in [0.25, 0.3) is 0 Å². The summed E-state index contributed by atoms with van der Waals surface area (Å²) in [4.78, 5) is 22.1. The lowest BCUT2D eigenvalue weighted by molar-refractivity contribution is -0.138. The first-order valence-corrected chi connectivity index (χ1v) is 8.12. The molecule has 0 aliphatic carbocycles. The maximum Gasteiger partial charge on any atom is 0.320 e. The molecule has 1 atom stereocenters. The number of aliphatic carboxylic acids is 1. The van der Waals surface area contributed by atoms with E-state index < -0.39 is 12.0 Å². The molecule has 21 heavy (non-hydrogen) atoms. The van der Waals surface area contributed by atoms with Crippen molar-refractivity contribution in [2.24, 2.45) is 5.73 Å². The van der Waals surface area contributed by atoms with Crippen LogP contribution in [0, 0.1) is 0 Å². The maximum atomic E-state index is 11.6. The molecular formula is C15H22N2O3S. The topological polar surface area (TPSA) is 92.4 Å². The SMILES string of the molecule is NC(CCSCC(=O)NCCCc1ccccc1)C(=O)O. The van der Waals surface area contributed by atoms with Crippen LogP contribution in [0.4, 0.5) is 0 Å². The molecule has 0 bridgehead atoms. The number of carbonyl (C=O) groups excluding carboxylic acids is 1. The predicted octanol–water partition coefficient (Wildman–Crippen LogP) is 1.27. The lowest BCUT2D eigenvalue weighted by Crippen LogP contribution is -2.31. The number of carboxylic acids is 1. The summed E-state index contributed by atoms with van der Waals surface area (Å²) in [5.74, 6) is -0.0966. The molecule has 6 heteroatoms. The second-order valence-corrected chi connectivity index (χ2v) is 5.83. The van der Waals surface area contributed by atoms with Gasteiger partial charge in [0.1, 0.15) is 6.04 Å². The third-order valence-electron chi connectivity index (χ3n) is 2.93. The summed E-state index contributed by atoms with van der Waals surface area (Å²) >= 11 is 1.41. The predicted molar refractivity (Wildman–Crippen MR) is 85.3 cm³/mol. The van der Waals surface area contributed by atoms with Crippen LogP contribution in [-0.4, -0.2) is 41.1 Å². The van der Waals surface area contributed by atoms with E-state index in [0.29, 0.717) is 24.5 Å². The second kappa shape index (κ2) is 10.2. The number of nitrogens with one attached hydrogen (secondary N) is 1. The largest absolute Gasteiger partial charge is 0.480 e. The van der Waals surface area contributed by atoms with Crippen molar-refractivity contribution in [1.29, 1.82) is 0 Å². The highest BCUT2D eigenvalue weighted by Crippen LogP contribution is 2.04. The van der Waals surface area contributed by atoms with Gasteiger partial charge in [0.2, 0.25) is 5.91 Å². The van der Waals surface area contributed by atoms with Gasteiger partial charge in [-0.1, -0.05) is 30.3 Å². The number of hydrogen-bond acceptors (Lipinski definition) is 4. The highest BCUT2D eigenvalue weighted by atomic mass is 32.2. The zero-order valence-corrected chi connectivity index (χ0v) is 12.8. The first kappa shape index (κ1) is 17.5. The Morgan fingerprint density at radius 1 is 1.29 bits per heavy atom. The minimum absolute atomic E-state index is 0.0167. The van der Waals surface area contributed by atoms with Crippen LogP contribution in [0.3, 0.4) is 0 Å². The molecule has 0 aliphatic rings. The Morgan fingerprint density at radius 3 is 2.67 bits per heavy atom. The second-order valence-electron chi connectivity index (χ2n) is 4.73. The Balaban J connectivity index is 2.00. The van der Waals surface area contributed by atoms with E-state index in [4.69, 9.17) is 10.8 Å². The zero-order chi connectivity index (χ0) is 15.5. The van der Waals surface area contributed by atoms with Gasteiger partial charge in [0.05, 0.1) is 5.75 Å². The summed E-state index contributed by atoms with van der Waals surface area (Å²) in [6, 6.07) is 9.30.